The lowest BCUT2D eigenvalue weighted by Gasteiger charge is -2.30. The number of hydrogen-bond acceptors (Lipinski definition) is 5. The van der Waals surface area contributed by atoms with Crippen molar-refractivity contribution < 1.29 is 17.7 Å². The van der Waals surface area contributed by atoms with Gasteiger partial charge in [0.25, 0.3) is 0 Å². The number of piperidine rings is 1. The predicted molar refractivity (Wildman–Crippen MR) is 92.5 cm³/mol. The van der Waals surface area contributed by atoms with Crippen LogP contribution in [0.3, 0.4) is 0 Å². The number of sulfonamides is 1. The molecule has 7 nitrogen and oxygen atoms in total. The predicted octanol–water partition coefficient (Wildman–Crippen LogP) is 2.33. The molecule has 8 heteroatoms. The number of carbonyl (C=O) groups excluding carboxylic acids is 1. The van der Waals surface area contributed by atoms with Crippen LogP contribution in [0.15, 0.2) is 39.8 Å². The van der Waals surface area contributed by atoms with E-state index in [1.165, 1.54) is 4.31 Å². The Kier molecular flexibility index (Phi) is 4.91. The first-order chi connectivity index (χ1) is 11.9. The van der Waals surface area contributed by atoms with Crippen LogP contribution < -0.4 is 5.32 Å². The molecular weight excluding hydrogens is 342 g/mol. The maximum atomic E-state index is 12.7. The van der Waals surface area contributed by atoms with Crippen LogP contribution in [0, 0.1) is 19.8 Å². The fourth-order valence-corrected chi connectivity index (χ4v) is 4.34. The van der Waals surface area contributed by atoms with Crippen LogP contribution in [0.25, 0.3) is 0 Å². The highest BCUT2D eigenvalue weighted by atomic mass is 32.2. The summed E-state index contributed by atoms with van der Waals surface area (Å²) < 4.78 is 31.7. The van der Waals surface area contributed by atoms with Gasteiger partial charge in [-0.25, -0.2) is 8.42 Å². The van der Waals surface area contributed by atoms with Gasteiger partial charge >= 0.3 is 0 Å². The van der Waals surface area contributed by atoms with Crippen LogP contribution in [0.2, 0.25) is 0 Å². The van der Waals surface area contributed by atoms with Crippen molar-refractivity contribution in [1.29, 1.82) is 0 Å². The first-order valence-electron chi connectivity index (χ1n) is 8.17. The van der Waals surface area contributed by atoms with E-state index in [0.29, 0.717) is 42.4 Å². The smallest absolute Gasteiger partial charge is 0.243 e. The molecule has 3 rings (SSSR count). The summed E-state index contributed by atoms with van der Waals surface area (Å²) in [6.45, 7) is 4.31. The van der Waals surface area contributed by atoms with E-state index < -0.39 is 10.0 Å². The van der Waals surface area contributed by atoms with Gasteiger partial charge < -0.3 is 9.84 Å². The van der Waals surface area contributed by atoms with Crippen LogP contribution in [-0.4, -0.2) is 36.9 Å². The number of amides is 1. The normalized spacial score (nSPS) is 16.7. The van der Waals surface area contributed by atoms with Gasteiger partial charge in [-0.2, -0.15) is 4.31 Å². The minimum absolute atomic E-state index is 0.152. The molecule has 0 bridgehead atoms. The van der Waals surface area contributed by atoms with Crippen molar-refractivity contribution in [3.63, 3.8) is 0 Å². The summed E-state index contributed by atoms with van der Waals surface area (Å²) in [6, 6.07) is 8.46. The molecule has 0 spiro atoms. The molecule has 0 atom stereocenters. The molecule has 1 aromatic heterocycles. The Hall–Kier alpha value is -2.19. The number of nitrogens with zero attached hydrogens (tertiary/aromatic N) is 2. The number of rotatable bonds is 4. The van der Waals surface area contributed by atoms with Gasteiger partial charge in [0, 0.05) is 25.1 Å². The molecule has 1 aromatic carbocycles. The van der Waals surface area contributed by atoms with E-state index in [-0.39, 0.29) is 11.8 Å². The second-order valence-electron chi connectivity index (χ2n) is 6.30. The highest BCUT2D eigenvalue weighted by Crippen LogP contribution is 2.25. The molecule has 1 saturated heterocycles. The molecule has 2 aromatic rings. The minimum atomic E-state index is -3.51. The lowest BCUT2D eigenvalue weighted by Crippen LogP contribution is -2.41. The first kappa shape index (κ1) is 17.6. The van der Waals surface area contributed by atoms with Crippen LogP contribution in [0.1, 0.15) is 24.2 Å². The number of hydrogen-bond donors (Lipinski definition) is 1. The Morgan fingerprint density at radius 3 is 2.40 bits per heavy atom. The molecular formula is C17H21N3O4S. The van der Waals surface area contributed by atoms with Gasteiger partial charge in [-0.05, 0) is 38.8 Å². The molecule has 1 aliphatic heterocycles. The average Bonchev–Trinajstić information content (AvgIpc) is 3.00. The van der Waals surface area contributed by atoms with Crippen LogP contribution in [-0.2, 0) is 14.8 Å². The number of carbonyl (C=O) groups is 1. The second-order valence-corrected chi connectivity index (χ2v) is 8.24. The molecule has 134 valence electrons. The SMILES string of the molecule is Cc1ccc(S(=O)(=O)N2CCC(C(=O)Nc3cc(C)on3)CC2)cc1. The van der Waals surface area contributed by atoms with Gasteiger partial charge in [-0.3, -0.25) is 4.79 Å². The van der Waals surface area contributed by atoms with Gasteiger partial charge in [0.2, 0.25) is 15.9 Å². The van der Waals surface area contributed by atoms with Gasteiger partial charge in [0.1, 0.15) is 5.76 Å². The Balaban J connectivity index is 1.61. The average molecular weight is 363 g/mol. The Morgan fingerprint density at radius 1 is 1.20 bits per heavy atom. The molecule has 1 N–H and O–H groups in total. The molecule has 2 heterocycles. The highest BCUT2D eigenvalue weighted by Gasteiger charge is 2.32. The zero-order valence-electron chi connectivity index (χ0n) is 14.2. The van der Waals surface area contributed by atoms with Crippen LogP contribution in [0.4, 0.5) is 5.82 Å². The van der Waals surface area contributed by atoms with Gasteiger partial charge in [0.15, 0.2) is 5.82 Å². The molecule has 1 fully saturated rings. The summed E-state index contributed by atoms with van der Waals surface area (Å²) in [5.41, 5.74) is 1.01. The molecule has 25 heavy (non-hydrogen) atoms. The number of aryl methyl sites for hydroxylation is 2. The van der Waals surface area contributed by atoms with E-state index in [2.05, 4.69) is 10.5 Å². The van der Waals surface area contributed by atoms with E-state index in [1.54, 1.807) is 37.3 Å². The van der Waals surface area contributed by atoms with Gasteiger partial charge in [-0.1, -0.05) is 22.9 Å². The molecule has 0 radical (unpaired) electrons. The topological polar surface area (TPSA) is 92.5 Å². The third kappa shape index (κ3) is 3.91. The van der Waals surface area contributed by atoms with Crippen LogP contribution >= 0.6 is 0 Å². The number of benzene rings is 1. The zero-order valence-corrected chi connectivity index (χ0v) is 15.0. The molecule has 1 amide bonds. The van der Waals surface area contributed by atoms with Crippen molar-refractivity contribution in [2.24, 2.45) is 5.92 Å². The lowest BCUT2D eigenvalue weighted by atomic mass is 9.97. The van der Waals surface area contributed by atoms with E-state index >= 15 is 0 Å². The number of aromatic nitrogens is 1. The first-order valence-corrected chi connectivity index (χ1v) is 9.61. The largest absolute Gasteiger partial charge is 0.360 e. The van der Waals surface area contributed by atoms with E-state index in [1.807, 2.05) is 6.92 Å². The van der Waals surface area contributed by atoms with E-state index in [0.717, 1.165) is 5.56 Å². The summed E-state index contributed by atoms with van der Waals surface area (Å²) in [5, 5.41) is 6.45. The highest BCUT2D eigenvalue weighted by molar-refractivity contribution is 7.89. The third-order valence-electron chi connectivity index (χ3n) is 4.36. The maximum Gasteiger partial charge on any atom is 0.243 e. The molecule has 0 unspecified atom stereocenters. The monoisotopic (exact) mass is 363 g/mol. The van der Waals surface area contributed by atoms with E-state index in [4.69, 9.17) is 4.52 Å². The number of anilines is 1. The summed E-state index contributed by atoms with van der Waals surface area (Å²) in [6.07, 6.45) is 0.960. The fraction of sp³-hybridized carbons (Fsp3) is 0.412. The van der Waals surface area contributed by atoms with Gasteiger partial charge in [0.05, 0.1) is 4.90 Å². The van der Waals surface area contributed by atoms with Crippen molar-refractivity contribution in [3.8, 4) is 0 Å². The van der Waals surface area contributed by atoms with Crippen molar-refractivity contribution in [2.45, 2.75) is 31.6 Å². The van der Waals surface area contributed by atoms with E-state index in [9.17, 15) is 13.2 Å². The van der Waals surface area contributed by atoms with Crippen molar-refractivity contribution in [2.75, 3.05) is 18.4 Å². The van der Waals surface area contributed by atoms with Gasteiger partial charge in [-0.15, -0.1) is 0 Å². The Morgan fingerprint density at radius 2 is 1.84 bits per heavy atom. The molecule has 0 saturated carbocycles. The quantitative estimate of drug-likeness (QED) is 0.900. The second kappa shape index (κ2) is 6.97. The summed E-state index contributed by atoms with van der Waals surface area (Å²) in [5.74, 6) is 0.619. The summed E-state index contributed by atoms with van der Waals surface area (Å²) in [4.78, 5) is 12.6. The summed E-state index contributed by atoms with van der Waals surface area (Å²) in [7, 11) is -3.51. The van der Waals surface area contributed by atoms with Crippen molar-refractivity contribution in [3.05, 3.63) is 41.7 Å². The number of nitrogens with one attached hydrogen (secondary N) is 1. The maximum absolute atomic E-state index is 12.7. The summed E-state index contributed by atoms with van der Waals surface area (Å²) >= 11 is 0. The van der Waals surface area contributed by atoms with Crippen molar-refractivity contribution >= 4 is 21.7 Å². The molecule has 0 aliphatic carbocycles. The Bertz CT molecular complexity index is 850. The standard InChI is InChI=1S/C17H21N3O4S/c1-12-3-5-15(6-4-12)25(22,23)20-9-7-14(8-10-20)17(21)18-16-11-13(2)24-19-16/h3-6,11,14H,7-10H2,1-2H3,(H,18,19,21). The van der Waals surface area contributed by atoms with Crippen LogP contribution in [0.5, 0.6) is 0 Å². The fourth-order valence-electron chi connectivity index (χ4n) is 2.87. The van der Waals surface area contributed by atoms with Crippen molar-refractivity contribution in [1.82, 2.24) is 9.46 Å². The zero-order chi connectivity index (χ0) is 18.0. The third-order valence-corrected chi connectivity index (χ3v) is 6.28. The molecule has 1 aliphatic rings. The lowest BCUT2D eigenvalue weighted by molar-refractivity contribution is -0.120. The Labute approximate surface area is 147 Å². The minimum Gasteiger partial charge on any atom is -0.360 e.